The van der Waals surface area contributed by atoms with Crippen LogP contribution in [0.5, 0.6) is 0 Å². The number of rotatable bonds is 5. The molecule has 1 fully saturated rings. The summed E-state index contributed by atoms with van der Waals surface area (Å²) in [5, 5.41) is 2.71. The van der Waals surface area contributed by atoms with Gasteiger partial charge in [0.15, 0.2) is 0 Å². The number of nitrogens with one attached hydrogen (secondary N) is 1. The number of pyridine rings is 1. The normalized spacial score (nSPS) is 16.5. The fourth-order valence-electron chi connectivity index (χ4n) is 2.72. The van der Waals surface area contributed by atoms with E-state index >= 15 is 0 Å². The molecule has 0 radical (unpaired) electrons. The van der Waals surface area contributed by atoms with Crippen molar-refractivity contribution in [2.75, 3.05) is 38.5 Å². The van der Waals surface area contributed by atoms with Crippen LogP contribution in [0.4, 0.5) is 5.69 Å². The number of aromatic nitrogens is 1. The van der Waals surface area contributed by atoms with Gasteiger partial charge in [-0.2, -0.15) is 4.31 Å². The van der Waals surface area contributed by atoms with Crippen molar-refractivity contribution in [3.8, 4) is 0 Å². The van der Waals surface area contributed by atoms with E-state index < -0.39 is 10.0 Å². The predicted octanol–water partition coefficient (Wildman–Crippen LogP) is 1.67. The molecule has 3 rings (SSSR count). The summed E-state index contributed by atoms with van der Waals surface area (Å²) in [5.41, 5.74) is 1.36. The van der Waals surface area contributed by atoms with Gasteiger partial charge in [0.05, 0.1) is 4.90 Å². The van der Waals surface area contributed by atoms with Crippen LogP contribution in [-0.4, -0.2) is 61.7 Å². The Hall–Kier alpha value is -2.55. The summed E-state index contributed by atoms with van der Waals surface area (Å²) in [7, 11) is -1.53. The number of sulfonamides is 1. The van der Waals surface area contributed by atoms with Crippen LogP contribution in [-0.2, 0) is 14.8 Å². The minimum absolute atomic E-state index is 0.232. The monoisotopic (exact) mass is 386 g/mol. The van der Waals surface area contributed by atoms with Gasteiger partial charge in [0, 0.05) is 50.3 Å². The molecular formula is C19H22N4O3S. The van der Waals surface area contributed by atoms with Gasteiger partial charge in [-0.05, 0) is 49.0 Å². The van der Waals surface area contributed by atoms with Crippen LogP contribution in [0.3, 0.4) is 0 Å². The van der Waals surface area contributed by atoms with Crippen LogP contribution >= 0.6 is 0 Å². The predicted molar refractivity (Wildman–Crippen MR) is 105 cm³/mol. The van der Waals surface area contributed by atoms with Crippen LogP contribution < -0.4 is 5.32 Å². The van der Waals surface area contributed by atoms with Crippen molar-refractivity contribution in [3.63, 3.8) is 0 Å². The smallest absolute Gasteiger partial charge is 0.248 e. The lowest BCUT2D eigenvalue weighted by atomic mass is 10.2. The number of amides is 1. The van der Waals surface area contributed by atoms with Crippen molar-refractivity contribution in [2.24, 2.45) is 0 Å². The van der Waals surface area contributed by atoms with Crippen molar-refractivity contribution in [1.29, 1.82) is 0 Å². The van der Waals surface area contributed by atoms with E-state index in [0.717, 1.165) is 18.7 Å². The molecular weight excluding hydrogens is 364 g/mol. The van der Waals surface area contributed by atoms with Gasteiger partial charge in [-0.15, -0.1) is 0 Å². The number of nitrogens with zero attached hydrogens (tertiary/aromatic N) is 3. The second-order valence-corrected chi connectivity index (χ2v) is 8.28. The summed E-state index contributed by atoms with van der Waals surface area (Å²) >= 11 is 0. The van der Waals surface area contributed by atoms with Crippen LogP contribution in [0.1, 0.15) is 5.56 Å². The van der Waals surface area contributed by atoms with Crippen molar-refractivity contribution in [2.45, 2.75) is 4.90 Å². The molecule has 27 heavy (non-hydrogen) atoms. The lowest BCUT2D eigenvalue weighted by Gasteiger charge is -2.31. The maximum atomic E-state index is 12.7. The molecule has 7 nitrogen and oxygen atoms in total. The first-order chi connectivity index (χ1) is 12.9. The van der Waals surface area contributed by atoms with Gasteiger partial charge in [-0.1, -0.05) is 6.07 Å². The molecule has 2 heterocycles. The van der Waals surface area contributed by atoms with Crippen LogP contribution in [0.2, 0.25) is 0 Å². The highest BCUT2D eigenvalue weighted by molar-refractivity contribution is 7.89. The van der Waals surface area contributed by atoms with Gasteiger partial charge < -0.3 is 10.2 Å². The maximum Gasteiger partial charge on any atom is 0.248 e. The molecule has 1 aliphatic heterocycles. The summed E-state index contributed by atoms with van der Waals surface area (Å²) in [6, 6.07) is 9.87. The zero-order chi connectivity index (χ0) is 19.3. The van der Waals surface area contributed by atoms with Crippen molar-refractivity contribution in [1.82, 2.24) is 14.2 Å². The molecule has 0 saturated carbocycles. The molecule has 2 aromatic rings. The Balaban J connectivity index is 1.63. The van der Waals surface area contributed by atoms with E-state index in [2.05, 4.69) is 15.2 Å². The topological polar surface area (TPSA) is 82.6 Å². The Bertz CT molecular complexity index is 904. The zero-order valence-corrected chi connectivity index (χ0v) is 15.9. The lowest BCUT2D eigenvalue weighted by Crippen LogP contribution is -2.46. The van der Waals surface area contributed by atoms with Gasteiger partial charge in [0.1, 0.15) is 0 Å². The van der Waals surface area contributed by atoms with E-state index in [1.165, 1.54) is 22.5 Å². The maximum absolute atomic E-state index is 12.7. The molecule has 0 spiro atoms. The van der Waals surface area contributed by atoms with E-state index in [-0.39, 0.29) is 10.8 Å². The SMILES string of the molecule is CN1CCN(S(=O)(=O)c2ccc(NC(=O)C=Cc3cccnc3)cc2)CC1. The third-order valence-electron chi connectivity index (χ3n) is 4.33. The molecule has 0 bridgehead atoms. The first kappa shape index (κ1) is 19.2. The number of carbonyl (C=O) groups is 1. The Labute approximate surface area is 159 Å². The first-order valence-electron chi connectivity index (χ1n) is 8.63. The number of carbonyl (C=O) groups excluding carboxylic acids is 1. The molecule has 0 atom stereocenters. The fraction of sp³-hybridized carbons (Fsp3) is 0.263. The van der Waals surface area contributed by atoms with Crippen molar-refractivity contribution >= 4 is 27.7 Å². The van der Waals surface area contributed by atoms with E-state index in [9.17, 15) is 13.2 Å². The zero-order valence-electron chi connectivity index (χ0n) is 15.1. The fourth-order valence-corrected chi connectivity index (χ4v) is 4.14. The highest BCUT2D eigenvalue weighted by atomic mass is 32.2. The first-order valence-corrected chi connectivity index (χ1v) is 10.1. The molecule has 1 saturated heterocycles. The number of anilines is 1. The molecule has 0 unspecified atom stereocenters. The van der Waals surface area contributed by atoms with E-state index in [0.29, 0.717) is 18.8 Å². The second kappa shape index (κ2) is 8.43. The molecule has 1 N–H and O–H groups in total. The lowest BCUT2D eigenvalue weighted by molar-refractivity contribution is -0.111. The third-order valence-corrected chi connectivity index (χ3v) is 6.25. The number of likely N-dealkylation sites (N-methyl/N-ethyl adjacent to an activating group) is 1. The molecule has 142 valence electrons. The number of hydrogen-bond donors (Lipinski definition) is 1. The molecule has 1 amide bonds. The molecule has 1 aromatic heterocycles. The summed E-state index contributed by atoms with van der Waals surface area (Å²) in [6.45, 7) is 2.40. The molecule has 8 heteroatoms. The molecule has 1 aromatic carbocycles. The van der Waals surface area contributed by atoms with Crippen LogP contribution in [0, 0.1) is 0 Å². The van der Waals surface area contributed by atoms with Crippen LogP contribution in [0.15, 0.2) is 59.8 Å². The van der Waals surface area contributed by atoms with E-state index in [1.54, 1.807) is 36.7 Å². The number of hydrogen-bond acceptors (Lipinski definition) is 5. The quantitative estimate of drug-likeness (QED) is 0.791. The Morgan fingerprint density at radius 2 is 1.81 bits per heavy atom. The van der Waals surface area contributed by atoms with Crippen molar-refractivity contribution in [3.05, 3.63) is 60.4 Å². The largest absolute Gasteiger partial charge is 0.323 e. The van der Waals surface area contributed by atoms with E-state index in [1.807, 2.05) is 13.1 Å². The van der Waals surface area contributed by atoms with Gasteiger partial charge in [0.2, 0.25) is 15.9 Å². The number of benzene rings is 1. The summed E-state index contributed by atoms with van der Waals surface area (Å²) in [4.78, 5) is 18.3. The Morgan fingerprint density at radius 1 is 1.11 bits per heavy atom. The summed E-state index contributed by atoms with van der Waals surface area (Å²) in [5.74, 6) is -0.298. The summed E-state index contributed by atoms with van der Waals surface area (Å²) < 4.78 is 26.9. The average molecular weight is 386 g/mol. The highest BCUT2D eigenvalue weighted by Gasteiger charge is 2.27. The second-order valence-electron chi connectivity index (χ2n) is 6.34. The minimum atomic E-state index is -3.50. The average Bonchev–Trinajstić information content (AvgIpc) is 2.68. The van der Waals surface area contributed by atoms with Gasteiger partial charge in [-0.25, -0.2) is 8.42 Å². The Kier molecular flexibility index (Phi) is 6.00. The third kappa shape index (κ3) is 5.00. The Morgan fingerprint density at radius 3 is 2.44 bits per heavy atom. The summed E-state index contributed by atoms with van der Waals surface area (Å²) in [6.07, 6.45) is 6.39. The van der Waals surface area contributed by atoms with E-state index in [4.69, 9.17) is 0 Å². The number of piperazine rings is 1. The van der Waals surface area contributed by atoms with Crippen molar-refractivity contribution < 1.29 is 13.2 Å². The van der Waals surface area contributed by atoms with Gasteiger partial charge in [-0.3, -0.25) is 9.78 Å². The standard InChI is InChI=1S/C19H22N4O3S/c1-22-11-13-23(14-12-22)27(25,26)18-7-5-17(6-8-18)21-19(24)9-4-16-3-2-10-20-15-16/h2-10,15H,11-14H2,1H3,(H,21,24). The van der Waals surface area contributed by atoms with Gasteiger partial charge >= 0.3 is 0 Å². The molecule has 0 aliphatic carbocycles. The molecule has 1 aliphatic rings. The minimum Gasteiger partial charge on any atom is -0.323 e. The highest BCUT2D eigenvalue weighted by Crippen LogP contribution is 2.19. The van der Waals surface area contributed by atoms with Gasteiger partial charge in [0.25, 0.3) is 0 Å². The van der Waals surface area contributed by atoms with Crippen LogP contribution in [0.25, 0.3) is 6.08 Å².